The van der Waals surface area contributed by atoms with Gasteiger partial charge in [-0.25, -0.2) is 18.5 Å². The van der Waals surface area contributed by atoms with E-state index < -0.39 is 37.2 Å². The van der Waals surface area contributed by atoms with Gasteiger partial charge in [-0.15, -0.1) is 0 Å². The minimum atomic E-state index is -4.05. The molecule has 1 heterocycles. The Morgan fingerprint density at radius 3 is 2.33 bits per heavy atom. The lowest BCUT2D eigenvalue weighted by Gasteiger charge is -2.39. The summed E-state index contributed by atoms with van der Waals surface area (Å²) in [7, 11) is -4.05. The van der Waals surface area contributed by atoms with Crippen LogP contribution >= 0.6 is 23.2 Å². The highest BCUT2D eigenvalue weighted by Gasteiger charge is 2.42. The largest absolute Gasteiger partial charge is 0.298 e. The lowest BCUT2D eigenvalue weighted by molar-refractivity contribution is -0.394. The lowest BCUT2D eigenvalue weighted by atomic mass is 9.75. The first-order valence-electron chi connectivity index (χ1n) is 13.1. The van der Waals surface area contributed by atoms with E-state index in [1.54, 1.807) is 12.1 Å². The van der Waals surface area contributed by atoms with Crippen molar-refractivity contribution in [3.8, 4) is 6.07 Å². The van der Waals surface area contributed by atoms with E-state index in [4.69, 9.17) is 28.3 Å². The van der Waals surface area contributed by atoms with Crippen LogP contribution in [0.25, 0.3) is 0 Å². The molecule has 0 fully saturated rings. The number of primary sulfonamides is 1. The zero-order valence-electron chi connectivity index (χ0n) is 22.9. The summed E-state index contributed by atoms with van der Waals surface area (Å²) in [6.45, 7) is 0. The number of Topliss-reactive ketones (excluding diaryl/α,β-unsaturated/α-hetero) is 1. The molecule has 0 saturated heterocycles. The van der Waals surface area contributed by atoms with Crippen molar-refractivity contribution in [3.05, 3.63) is 125 Å². The van der Waals surface area contributed by atoms with Crippen LogP contribution in [0.2, 0.25) is 10.0 Å². The number of halogens is 2. The molecule has 1 unspecified atom stereocenters. The van der Waals surface area contributed by atoms with Crippen molar-refractivity contribution >= 4 is 62.3 Å². The van der Waals surface area contributed by atoms with Gasteiger partial charge in [-0.3, -0.25) is 29.9 Å². The molecular weight excluding hydrogens is 647 g/mol. The number of allylic oxidation sites excluding steroid dienone is 3. The minimum Gasteiger partial charge on any atom is -0.298 e. The van der Waals surface area contributed by atoms with Gasteiger partial charge in [0.05, 0.1) is 43.9 Å². The van der Waals surface area contributed by atoms with Gasteiger partial charge in [0.2, 0.25) is 10.0 Å². The zero-order valence-corrected chi connectivity index (χ0v) is 25.2. The average molecular weight is 667 g/mol. The second-order valence-corrected chi connectivity index (χ2v) is 12.4. The molecule has 2 N–H and O–H groups in total. The molecule has 16 heteroatoms. The fourth-order valence-corrected chi connectivity index (χ4v) is 6.36. The summed E-state index contributed by atoms with van der Waals surface area (Å²) in [5, 5.41) is 39.4. The number of anilines is 1. The summed E-state index contributed by atoms with van der Waals surface area (Å²) in [4.78, 5) is 40.9. The van der Waals surface area contributed by atoms with Crippen LogP contribution in [0.3, 0.4) is 0 Å². The zero-order chi connectivity index (χ0) is 32.6. The number of hydrogen-bond acceptors (Lipinski definition) is 10. The molecule has 0 radical (unpaired) electrons. The summed E-state index contributed by atoms with van der Waals surface area (Å²) in [5.41, 5.74) is 0.245. The molecule has 5 rings (SSSR count). The van der Waals surface area contributed by atoms with Crippen molar-refractivity contribution in [1.29, 1.82) is 5.26 Å². The second kappa shape index (κ2) is 12.2. The van der Waals surface area contributed by atoms with Crippen molar-refractivity contribution in [2.24, 2.45) is 10.1 Å². The molecule has 3 aromatic carbocycles. The number of aliphatic imine (C=N–C) groups is 1. The molecule has 228 valence electrons. The van der Waals surface area contributed by atoms with E-state index in [0.717, 1.165) is 24.4 Å². The van der Waals surface area contributed by atoms with Crippen LogP contribution in [-0.4, -0.2) is 30.3 Å². The van der Waals surface area contributed by atoms with E-state index >= 15 is 0 Å². The highest BCUT2D eigenvalue weighted by molar-refractivity contribution is 7.89. The predicted molar refractivity (Wildman–Crippen MR) is 165 cm³/mol. The topological polar surface area (TPSA) is 203 Å². The summed E-state index contributed by atoms with van der Waals surface area (Å²) < 4.78 is 23.9. The van der Waals surface area contributed by atoms with Crippen molar-refractivity contribution < 1.29 is 23.1 Å². The van der Waals surface area contributed by atoms with E-state index in [-0.39, 0.29) is 44.7 Å². The lowest BCUT2D eigenvalue weighted by Crippen LogP contribution is -2.35. The third-order valence-electron chi connectivity index (χ3n) is 7.29. The standard InChI is InChI=1S/C29H20Cl2N6O7S/c30-17-5-11-21(23(31)12-17)27-22(14-32)29(34-15-16-4-6-19(36(39)40)13-25(16)37(41)42)35(24-2-1-3-26(38)28(24)27)18-7-9-20(10-8-18)45(33,43)44/h4-13,15,27H,1-3H2,(H2,33,43,44)/b34-15+. The predicted octanol–water partition coefficient (Wildman–Crippen LogP) is 5.92. The Bertz CT molecular complexity index is 2040. The van der Waals surface area contributed by atoms with Gasteiger partial charge in [0, 0.05) is 45.7 Å². The Morgan fingerprint density at radius 1 is 1.02 bits per heavy atom. The number of nitriles is 1. The van der Waals surface area contributed by atoms with E-state index in [1.807, 2.05) is 0 Å². The molecule has 0 aromatic heterocycles. The Labute approximate surface area is 265 Å². The van der Waals surface area contributed by atoms with E-state index in [0.29, 0.717) is 34.8 Å². The van der Waals surface area contributed by atoms with Crippen molar-refractivity contribution in [2.75, 3.05) is 4.90 Å². The molecule has 45 heavy (non-hydrogen) atoms. The first kappa shape index (κ1) is 31.5. The number of sulfonamides is 1. The normalized spacial score (nSPS) is 17.0. The number of hydrogen-bond donors (Lipinski definition) is 1. The molecule has 0 amide bonds. The van der Waals surface area contributed by atoms with Crippen molar-refractivity contribution in [3.63, 3.8) is 0 Å². The summed E-state index contributed by atoms with van der Waals surface area (Å²) in [6.07, 6.45) is 2.11. The molecular formula is C29H20Cl2N6O7S. The second-order valence-electron chi connectivity index (χ2n) is 9.97. The van der Waals surface area contributed by atoms with Crippen molar-refractivity contribution in [1.82, 2.24) is 0 Å². The number of ketones is 1. The number of nitro benzene ring substituents is 2. The fourth-order valence-electron chi connectivity index (χ4n) is 5.32. The third-order valence-corrected chi connectivity index (χ3v) is 8.79. The molecule has 0 saturated carbocycles. The Kier molecular flexibility index (Phi) is 8.55. The number of nitrogens with two attached hydrogens (primary N) is 1. The molecule has 0 spiro atoms. The monoisotopic (exact) mass is 666 g/mol. The van der Waals surface area contributed by atoms with Crippen LogP contribution in [0.15, 0.2) is 93.2 Å². The first-order valence-corrected chi connectivity index (χ1v) is 15.4. The smallest absolute Gasteiger partial charge is 0.285 e. The third kappa shape index (κ3) is 6.06. The molecule has 1 aliphatic carbocycles. The van der Waals surface area contributed by atoms with Crippen LogP contribution in [0, 0.1) is 31.6 Å². The highest BCUT2D eigenvalue weighted by atomic mass is 35.5. The summed E-state index contributed by atoms with van der Waals surface area (Å²) in [6, 6.07) is 15.2. The Hall–Kier alpha value is -4.94. The van der Waals surface area contributed by atoms with E-state index in [1.165, 1.54) is 35.2 Å². The minimum absolute atomic E-state index is 0.0297. The van der Waals surface area contributed by atoms with Gasteiger partial charge in [-0.2, -0.15) is 5.26 Å². The maximum atomic E-state index is 13.6. The molecule has 3 aromatic rings. The van der Waals surface area contributed by atoms with Gasteiger partial charge >= 0.3 is 0 Å². The number of carbonyl (C=O) groups excluding carboxylic acids is 1. The number of nitrogens with zero attached hydrogens (tertiary/aromatic N) is 5. The van der Waals surface area contributed by atoms with Crippen LogP contribution in [-0.2, 0) is 14.8 Å². The van der Waals surface area contributed by atoms with Crippen molar-refractivity contribution in [2.45, 2.75) is 30.1 Å². The Balaban J connectivity index is 1.80. The van der Waals surface area contributed by atoms with Crippen LogP contribution in [0.4, 0.5) is 17.1 Å². The van der Waals surface area contributed by atoms with Gasteiger partial charge in [0.1, 0.15) is 0 Å². The number of carbonyl (C=O) groups is 1. The molecule has 1 atom stereocenters. The Morgan fingerprint density at radius 2 is 1.73 bits per heavy atom. The molecule has 2 aliphatic rings. The maximum Gasteiger partial charge on any atom is 0.285 e. The number of rotatable bonds is 7. The van der Waals surface area contributed by atoms with Crippen LogP contribution in [0.5, 0.6) is 0 Å². The van der Waals surface area contributed by atoms with Gasteiger partial charge in [-0.1, -0.05) is 29.3 Å². The summed E-state index contributed by atoms with van der Waals surface area (Å²) in [5.74, 6) is -1.25. The van der Waals surface area contributed by atoms with Gasteiger partial charge in [-0.05, 0) is 60.9 Å². The number of non-ortho nitro benzene ring substituents is 1. The maximum absolute atomic E-state index is 13.6. The van der Waals surface area contributed by atoms with Gasteiger partial charge < -0.3 is 0 Å². The van der Waals surface area contributed by atoms with E-state index in [9.17, 15) is 38.7 Å². The van der Waals surface area contributed by atoms with Gasteiger partial charge in [0.15, 0.2) is 11.6 Å². The molecule has 1 aliphatic heterocycles. The SMILES string of the molecule is N#CC1=C(/N=C/c2ccc([N+](=O)[O-])cc2[N+](=O)[O-])N(c2ccc(S(N)(=O)=O)cc2)C2=C(C(=O)CCC2)C1c1ccc(Cl)cc1Cl. The first-order chi connectivity index (χ1) is 21.3. The molecule has 13 nitrogen and oxygen atoms in total. The number of nitro groups is 2. The van der Waals surface area contributed by atoms with Gasteiger partial charge in [0.25, 0.3) is 11.4 Å². The highest BCUT2D eigenvalue weighted by Crippen LogP contribution is 2.49. The van der Waals surface area contributed by atoms with E-state index in [2.05, 4.69) is 11.1 Å². The summed E-state index contributed by atoms with van der Waals surface area (Å²) >= 11 is 12.7. The van der Waals surface area contributed by atoms with Crippen LogP contribution in [0.1, 0.15) is 36.3 Å². The quantitative estimate of drug-likeness (QED) is 0.180. The average Bonchev–Trinajstić information content (AvgIpc) is 2.99. The fraction of sp³-hybridized carbons (Fsp3) is 0.138. The van der Waals surface area contributed by atoms with Crippen LogP contribution < -0.4 is 10.0 Å². The number of benzene rings is 3. The molecule has 0 bridgehead atoms.